The summed E-state index contributed by atoms with van der Waals surface area (Å²) in [5, 5.41) is 7.52. The van der Waals surface area contributed by atoms with Crippen molar-refractivity contribution in [2.75, 3.05) is 5.32 Å². The molecule has 4 heteroatoms. The second-order valence-electron chi connectivity index (χ2n) is 3.69. The first-order valence-electron chi connectivity index (χ1n) is 5.07. The minimum absolute atomic E-state index is 0.360. The van der Waals surface area contributed by atoms with Gasteiger partial charge in [-0.25, -0.2) is 4.68 Å². The predicted molar refractivity (Wildman–Crippen MR) is 58.6 cm³/mol. The molecule has 0 aliphatic carbocycles. The lowest BCUT2D eigenvalue weighted by Crippen LogP contribution is -2.09. The Balaban J connectivity index is 2.02. The van der Waals surface area contributed by atoms with Gasteiger partial charge in [0.25, 0.3) is 0 Å². The predicted octanol–water partition coefficient (Wildman–Crippen LogP) is 2.67. The van der Waals surface area contributed by atoms with Crippen LogP contribution in [0.5, 0.6) is 0 Å². The molecule has 0 atom stereocenters. The van der Waals surface area contributed by atoms with E-state index in [4.69, 9.17) is 4.42 Å². The van der Waals surface area contributed by atoms with Crippen LogP contribution in [0.15, 0.2) is 35.1 Å². The molecule has 1 N–H and O–H groups in total. The molecule has 2 aromatic rings. The highest BCUT2D eigenvalue weighted by Gasteiger charge is 2.05. The molecule has 0 amide bonds. The van der Waals surface area contributed by atoms with Crippen molar-refractivity contribution in [2.45, 2.75) is 26.4 Å². The quantitative estimate of drug-likeness (QED) is 0.834. The van der Waals surface area contributed by atoms with E-state index in [1.165, 1.54) is 0 Å². The van der Waals surface area contributed by atoms with Gasteiger partial charge in [-0.1, -0.05) is 0 Å². The molecule has 0 radical (unpaired) electrons. The Labute approximate surface area is 88.9 Å². The monoisotopic (exact) mass is 205 g/mol. The zero-order chi connectivity index (χ0) is 10.7. The van der Waals surface area contributed by atoms with Crippen LogP contribution in [0, 0.1) is 0 Å². The Hall–Kier alpha value is -1.71. The second-order valence-corrected chi connectivity index (χ2v) is 3.69. The van der Waals surface area contributed by atoms with Gasteiger partial charge in [-0.05, 0) is 26.0 Å². The molecule has 0 fully saturated rings. The van der Waals surface area contributed by atoms with E-state index in [9.17, 15) is 0 Å². The van der Waals surface area contributed by atoms with Crippen molar-refractivity contribution in [3.8, 4) is 0 Å². The number of rotatable bonds is 4. The van der Waals surface area contributed by atoms with Gasteiger partial charge >= 0.3 is 0 Å². The van der Waals surface area contributed by atoms with Crippen LogP contribution >= 0.6 is 0 Å². The lowest BCUT2D eigenvalue weighted by molar-refractivity contribution is 0.511. The summed E-state index contributed by atoms with van der Waals surface area (Å²) >= 11 is 0. The fourth-order valence-electron chi connectivity index (χ4n) is 1.46. The lowest BCUT2D eigenvalue weighted by atomic mass is 10.4. The van der Waals surface area contributed by atoms with E-state index in [0.29, 0.717) is 12.6 Å². The van der Waals surface area contributed by atoms with Crippen LogP contribution in [0.4, 0.5) is 5.82 Å². The van der Waals surface area contributed by atoms with Crippen molar-refractivity contribution in [1.82, 2.24) is 9.78 Å². The van der Waals surface area contributed by atoms with Crippen molar-refractivity contribution in [3.05, 3.63) is 36.4 Å². The van der Waals surface area contributed by atoms with E-state index >= 15 is 0 Å². The Bertz CT molecular complexity index is 403. The molecule has 0 aromatic carbocycles. The number of nitrogens with zero attached hydrogens (tertiary/aromatic N) is 2. The first kappa shape index (κ1) is 9.83. The number of anilines is 1. The van der Waals surface area contributed by atoms with Gasteiger partial charge < -0.3 is 9.73 Å². The smallest absolute Gasteiger partial charge is 0.124 e. The van der Waals surface area contributed by atoms with Crippen molar-refractivity contribution in [2.24, 2.45) is 0 Å². The molecule has 2 aromatic heterocycles. The van der Waals surface area contributed by atoms with Crippen molar-refractivity contribution >= 4 is 5.82 Å². The lowest BCUT2D eigenvalue weighted by Gasteiger charge is -2.11. The van der Waals surface area contributed by atoms with Crippen LogP contribution in [0.2, 0.25) is 0 Å². The van der Waals surface area contributed by atoms with Gasteiger partial charge in [-0.15, -0.1) is 0 Å². The summed E-state index contributed by atoms with van der Waals surface area (Å²) in [6, 6.07) is 6.15. The number of hydrogen-bond donors (Lipinski definition) is 1. The minimum Gasteiger partial charge on any atom is -0.467 e. The van der Waals surface area contributed by atoms with Crippen molar-refractivity contribution in [3.63, 3.8) is 0 Å². The van der Waals surface area contributed by atoms with Gasteiger partial charge in [0.1, 0.15) is 11.6 Å². The van der Waals surface area contributed by atoms with Crippen molar-refractivity contribution in [1.29, 1.82) is 0 Å². The Morgan fingerprint density at radius 1 is 1.47 bits per heavy atom. The summed E-state index contributed by atoms with van der Waals surface area (Å²) in [6.07, 6.45) is 3.47. The minimum atomic E-state index is 0.360. The average molecular weight is 205 g/mol. The molecule has 0 aliphatic rings. The Morgan fingerprint density at radius 3 is 3.00 bits per heavy atom. The third kappa shape index (κ3) is 2.21. The molecule has 0 aliphatic heterocycles. The summed E-state index contributed by atoms with van der Waals surface area (Å²) in [5.74, 6) is 1.94. The number of nitrogens with one attached hydrogen (secondary N) is 1. The van der Waals surface area contributed by atoms with Gasteiger partial charge in [0.05, 0.1) is 19.0 Å². The SMILES string of the molecule is CC(C)n1nccc1NCc1ccco1. The molecule has 2 heterocycles. The molecule has 15 heavy (non-hydrogen) atoms. The first-order valence-corrected chi connectivity index (χ1v) is 5.07. The Morgan fingerprint density at radius 2 is 2.33 bits per heavy atom. The van der Waals surface area contributed by atoms with Gasteiger partial charge in [-0.2, -0.15) is 5.10 Å². The summed E-state index contributed by atoms with van der Waals surface area (Å²) in [5.41, 5.74) is 0. The van der Waals surface area contributed by atoms with Crippen LogP contribution < -0.4 is 5.32 Å². The zero-order valence-electron chi connectivity index (χ0n) is 8.97. The fraction of sp³-hybridized carbons (Fsp3) is 0.364. The van der Waals surface area contributed by atoms with Gasteiger partial charge in [0.15, 0.2) is 0 Å². The highest BCUT2D eigenvalue weighted by Crippen LogP contribution is 2.14. The van der Waals surface area contributed by atoms with E-state index in [0.717, 1.165) is 11.6 Å². The number of furan rings is 1. The topological polar surface area (TPSA) is 43.0 Å². The third-order valence-electron chi connectivity index (χ3n) is 2.18. The molecule has 0 spiro atoms. The maximum atomic E-state index is 5.24. The summed E-state index contributed by atoms with van der Waals surface area (Å²) in [7, 11) is 0. The van der Waals surface area contributed by atoms with Gasteiger partial charge in [0.2, 0.25) is 0 Å². The number of aromatic nitrogens is 2. The highest BCUT2D eigenvalue weighted by atomic mass is 16.3. The van der Waals surface area contributed by atoms with Crippen LogP contribution in [0.1, 0.15) is 25.6 Å². The average Bonchev–Trinajstić information content (AvgIpc) is 2.86. The maximum absolute atomic E-state index is 5.24. The van der Waals surface area contributed by atoms with Crippen molar-refractivity contribution < 1.29 is 4.42 Å². The molecule has 2 rings (SSSR count). The van der Waals surface area contributed by atoms with Crippen LogP contribution in [-0.2, 0) is 6.54 Å². The molecule has 0 saturated heterocycles. The van der Waals surface area contributed by atoms with Crippen LogP contribution in [-0.4, -0.2) is 9.78 Å². The molecule has 80 valence electrons. The Kier molecular flexibility index (Phi) is 2.76. The normalized spacial score (nSPS) is 10.9. The van der Waals surface area contributed by atoms with E-state index in [2.05, 4.69) is 24.3 Å². The van der Waals surface area contributed by atoms with E-state index in [1.807, 2.05) is 22.9 Å². The largest absolute Gasteiger partial charge is 0.467 e. The van der Waals surface area contributed by atoms with Crippen LogP contribution in [0.3, 0.4) is 0 Å². The van der Waals surface area contributed by atoms with E-state index in [1.54, 1.807) is 12.5 Å². The maximum Gasteiger partial charge on any atom is 0.124 e. The molecular formula is C11H15N3O. The first-order chi connectivity index (χ1) is 7.27. The third-order valence-corrected chi connectivity index (χ3v) is 2.18. The molecular weight excluding hydrogens is 190 g/mol. The molecule has 0 unspecified atom stereocenters. The molecule has 0 bridgehead atoms. The molecule has 0 saturated carbocycles. The highest BCUT2D eigenvalue weighted by molar-refractivity contribution is 5.34. The van der Waals surface area contributed by atoms with Gasteiger partial charge in [0, 0.05) is 12.1 Å². The summed E-state index contributed by atoms with van der Waals surface area (Å²) < 4.78 is 7.19. The second kappa shape index (κ2) is 4.21. The summed E-state index contributed by atoms with van der Waals surface area (Å²) in [4.78, 5) is 0. The summed E-state index contributed by atoms with van der Waals surface area (Å²) in [6.45, 7) is 4.89. The standard InChI is InChI=1S/C11H15N3O/c1-9(2)14-11(5-6-13-14)12-8-10-4-3-7-15-10/h3-7,9,12H,8H2,1-2H3. The fourth-order valence-corrected chi connectivity index (χ4v) is 1.46. The van der Waals surface area contributed by atoms with Crippen LogP contribution in [0.25, 0.3) is 0 Å². The zero-order valence-corrected chi connectivity index (χ0v) is 8.97. The van der Waals surface area contributed by atoms with E-state index in [-0.39, 0.29) is 0 Å². The van der Waals surface area contributed by atoms with Gasteiger partial charge in [-0.3, -0.25) is 0 Å². The molecule has 4 nitrogen and oxygen atoms in total. The van der Waals surface area contributed by atoms with E-state index < -0.39 is 0 Å². The number of hydrogen-bond acceptors (Lipinski definition) is 3.